The van der Waals surface area contributed by atoms with E-state index in [1.54, 1.807) is 10.6 Å². The van der Waals surface area contributed by atoms with E-state index in [0.29, 0.717) is 10.3 Å². The third kappa shape index (κ3) is 2.65. The number of hydrogen-bond donors (Lipinski definition) is 0. The van der Waals surface area contributed by atoms with Gasteiger partial charge in [0.25, 0.3) is 5.56 Å². The standard InChI is InChI=1S/C14H12BrN3O.C2H6/c1-9-12(15)13(19)18-8-11(16-14(18)17(9)2)10-6-4-3-5-7-10;1-2/h3-8H,1-2H3;1-2H3. The van der Waals surface area contributed by atoms with Crippen LogP contribution < -0.4 is 5.56 Å². The van der Waals surface area contributed by atoms with Gasteiger partial charge in [0.05, 0.1) is 5.69 Å². The molecule has 0 saturated heterocycles. The average Bonchev–Trinajstić information content (AvgIpc) is 2.99. The SMILES string of the molecule is CC.Cc1c(Br)c(=O)n2cc(-c3ccccc3)nc2n1C. The van der Waals surface area contributed by atoms with E-state index in [9.17, 15) is 4.79 Å². The number of nitrogens with zero attached hydrogens (tertiary/aromatic N) is 3. The van der Waals surface area contributed by atoms with Gasteiger partial charge in [-0.1, -0.05) is 44.2 Å². The lowest BCUT2D eigenvalue weighted by Gasteiger charge is -2.07. The summed E-state index contributed by atoms with van der Waals surface area (Å²) in [7, 11) is 1.90. The lowest BCUT2D eigenvalue weighted by atomic mass is 10.2. The van der Waals surface area contributed by atoms with E-state index in [1.807, 2.05) is 62.7 Å². The highest BCUT2D eigenvalue weighted by Gasteiger charge is 2.13. The van der Waals surface area contributed by atoms with Crippen molar-refractivity contribution in [3.63, 3.8) is 0 Å². The normalized spacial score (nSPS) is 10.3. The molecule has 2 aromatic heterocycles. The number of imidazole rings is 1. The van der Waals surface area contributed by atoms with Gasteiger partial charge in [-0.2, -0.15) is 0 Å². The molecule has 0 bridgehead atoms. The van der Waals surface area contributed by atoms with Gasteiger partial charge in [-0.25, -0.2) is 4.98 Å². The lowest BCUT2D eigenvalue weighted by Crippen LogP contribution is -2.19. The molecule has 2 heterocycles. The van der Waals surface area contributed by atoms with E-state index >= 15 is 0 Å². The van der Waals surface area contributed by atoms with Crippen molar-refractivity contribution in [2.75, 3.05) is 0 Å². The smallest absolute Gasteiger partial charge is 0.273 e. The van der Waals surface area contributed by atoms with Crippen LogP contribution in [0.1, 0.15) is 19.5 Å². The van der Waals surface area contributed by atoms with Crippen LogP contribution in [-0.4, -0.2) is 14.0 Å². The Balaban J connectivity index is 0.000000774. The molecule has 0 unspecified atom stereocenters. The van der Waals surface area contributed by atoms with Crippen LogP contribution in [0.2, 0.25) is 0 Å². The molecule has 0 saturated carbocycles. The highest BCUT2D eigenvalue weighted by Crippen LogP contribution is 2.19. The Morgan fingerprint density at radius 3 is 2.38 bits per heavy atom. The molecule has 0 aliphatic heterocycles. The van der Waals surface area contributed by atoms with E-state index in [2.05, 4.69) is 20.9 Å². The molecule has 110 valence electrons. The second-order valence-corrected chi connectivity index (χ2v) is 5.22. The summed E-state index contributed by atoms with van der Waals surface area (Å²) in [5.41, 5.74) is 2.58. The van der Waals surface area contributed by atoms with Crippen LogP contribution in [0.15, 0.2) is 45.8 Å². The maximum atomic E-state index is 12.2. The second kappa shape index (κ2) is 6.26. The molecule has 0 radical (unpaired) electrons. The van der Waals surface area contributed by atoms with Crippen molar-refractivity contribution in [2.24, 2.45) is 7.05 Å². The Kier molecular flexibility index (Phi) is 4.63. The Bertz CT molecular complexity index is 819. The Labute approximate surface area is 132 Å². The van der Waals surface area contributed by atoms with Crippen molar-refractivity contribution in [3.05, 3.63) is 57.0 Å². The van der Waals surface area contributed by atoms with E-state index in [-0.39, 0.29) is 5.56 Å². The predicted octanol–water partition coefficient (Wildman–Crippen LogP) is 3.80. The largest absolute Gasteiger partial charge is 0.317 e. The summed E-state index contributed by atoms with van der Waals surface area (Å²) in [6.45, 7) is 5.89. The summed E-state index contributed by atoms with van der Waals surface area (Å²) < 4.78 is 4.04. The Hall–Kier alpha value is -1.88. The molecule has 3 rings (SSSR count). The first-order chi connectivity index (χ1) is 10.1. The molecular weight excluding hydrogens is 330 g/mol. The molecule has 0 aliphatic carbocycles. The van der Waals surface area contributed by atoms with Gasteiger partial charge in [0.15, 0.2) is 0 Å². The fraction of sp³-hybridized carbons (Fsp3) is 0.250. The quantitative estimate of drug-likeness (QED) is 0.671. The maximum absolute atomic E-state index is 12.2. The number of hydrogen-bond acceptors (Lipinski definition) is 2. The van der Waals surface area contributed by atoms with Gasteiger partial charge in [0, 0.05) is 24.5 Å². The molecule has 0 amide bonds. The monoisotopic (exact) mass is 347 g/mol. The number of aromatic nitrogens is 3. The molecule has 21 heavy (non-hydrogen) atoms. The van der Waals surface area contributed by atoms with Crippen molar-refractivity contribution >= 4 is 21.7 Å². The number of fused-ring (bicyclic) bond motifs is 1. The first-order valence-electron chi connectivity index (χ1n) is 6.89. The highest BCUT2D eigenvalue weighted by atomic mass is 79.9. The highest BCUT2D eigenvalue weighted by molar-refractivity contribution is 9.10. The molecule has 0 spiro atoms. The second-order valence-electron chi connectivity index (χ2n) is 4.43. The molecule has 0 aliphatic rings. The third-order valence-corrected chi connectivity index (χ3v) is 4.20. The lowest BCUT2D eigenvalue weighted by molar-refractivity contribution is 0.819. The molecule has 0 fully saturated rings. The summed E-state index contributed by atoms with van der Waals surface area (Å²) in [5, 5.41) is 0. The molecule has 0 atom stereocenters. The van der Waals surface area contributed by atoms with E-state index < -0.39 is 0 Å². The van der Waals surface area contributed by atoms with Gasteiger partial charge in [-0.3, -0.25) is 9.20 Å². The molecule has 0 N–H and O–H groups in total. The summed E-state index contributed by atoms with van der Waals surface area (Å²) in [6.07, 6.45) is 1.78. The van der Waals surface area contributed by atoms with Crippen LogP contribution in [0.4, 0.5) is 0 Å². The first-order valence-corrected chi connectivity index (χ1v) is 7.68. The number of aryl methyl sites for hydroxylation is 1. The van der Waals surface area contributed by atoms with Crippen molar-refractivity contribution in [3.8, 4) is 11.3 Å². The van der Waals surface area contributed by atoms with E-state index in [1.165, 1.54) is 0 Å². The van der Waals surface area contributed by atoms with Crippen molar-refractivity contribution in [1.29, 1.82) is 0 Å². The summed E-state index contributed by atoms with van der Waals surface area (Å²) in [5.74, 6) is 0.643. The van der Waals surface area contributed by atoms with Gasteiger partial charge in [-0.15, -0.1) is 0 Å². The molecule has 1 aromatic carbocycles. The topological polar surface area (TPSA) is 39.3 Å². The minimum atomic E-state index is -0.0831. The molecular formula is C16H18BrN3O. The first kappa shape index (κ1) is 15.5. The van der Waals surface area contributed by atoms with Crippen LogP contribution in [0.5, 0.6) is 0 Å². The zero-order valence-electron chi connectivity index (χ0n) is 12.6. The zero-order valence-corrected chi connectivity index (χ0v) is 14.2. The van der Waals surface area contributed by atoms with Gasteiger partial charge in [0.1, 0.15) is 4.47 Å². The van der Waals surface area contributed by atoms with Gasteiger partial charge in [-0.05, 0) is 22.9 Å². The maximum Gasteiger partial charge on any atom is 0.273 e. The van der Waals surface area contributed by atoms with Gasteiger partial charge < -0.3 is 4.57 Å². The third-order valence-electron chi connectivity index (χ3n) is 3.28. The predicted molar refractivity (Wildman–Crippen MR) is 89.7 cm³/mol. The van der Waals surface area contributed by atoms with Gasteiger partial charge in [0.2, 0.25) is 5.78 Å². The summed E-state index contributed by atoms with van der Waals surface area (Å²) >= 11 is 3.33. The minimum Gasteiger partial charge on any atom is -0.317 e. The molecule has 4 nitrogen and oxygen atoms in total. The minimum absolute atomic E-state index is 0.0831. The van der Waals surface area contributed by atoms with Crippen LogP contribution >= 0.6 is 15.9 Å². The average molecular weight is 348 g/mol. The summed E-state index contributed by atoms with van der Waals surface area (Å²) in [6, 6.07) is 9.83. The number of benzene rings is 1. The van der Waals surface area contributed by atoms with Crippen LogP contribution in [0, 0.1) is 6.92 Å². The fourth-order valence-corrected chi connectivity index (χ4v) is 2.52. The van der Waals surface area contributed by atoms with Crippen molar-refractivity contribution < 1.29 is 0 Å². The van der Waals surface area contributed by atoms with Crippen LogP contribution in [0.3, 0.4) is 0 Å². The Morgan fingerprint density at radius 2 is 1.76 bits per heavy atom. The summed E-state index contributed by atoms with van der Waals surface area (Å²) in [4.78, 5) is 16.8. The fourth-order valence-electron chi connectivity index (χ4n) is 2.06. The molecule has 5 heteroatoms. The molecule has 3 aromatic rings. The number of halogens is 1. The number of rotatable bonds is 1. The van der Waals surface area contributed by atoms with Crippen LogP contribution in [-0.2, 0) is 7.05 Å². The Morgan fingerprint density at radius 1 is 1.14 bits per heavy atom. The van der Waals surface area contributed by atoms with Gasteiger partial charge >= 0.3 is 0 Å². The van der Waals surface area contributed by atoms with E-state index in [0.717, 1.165) is 17.0 Å². The zero-order chi connectivity index (χ0) is 15.6. The van der Waals surface area contributed by atoms with E-state index in [4.69, 9.17) is 0 Å². The van der Waals surface area contributed by atoms with Crippen molar-refractivity contribution in [1.82, 2.24) is 14.0 Å². The van der Waals surface area contributed by atoms with Crippen molar-refractivity contribution in [2.45, 2.75) is 20.8 Å². The van der Waals surface area contributed by atoms with Crippen LogP contribution in [0.25, 0.3) is 17.0 Å².